The molecule has 0 aliphatic carbocycles. The van der Waals surface area contributed by atoms with Gasteiger partial charge >= 0.3 is 6.03 Å². The number of likely N-dealkylation sites (tertiary alicyclic amines) is 1. The van der Waals surface area contributed by atoms with E-state index < -0.39 is 0 Å². The lowest BCUT2D eigenvalue weighted by Gasteiger charge is -2.28. The Morgan fingerprint density at radius 2 is 2.22 bits per heavy atom. The molecule has 3 saturated heterocycles. The van der Waals surface area contributed by atoms with Crippen LogP contribution in [-0.2, 0) is 0 Å². The van der Waals surface area contributed by atoms with E-state index >= 15 is 0 Å². The number of hydrogen-bond donors (Lipinski definition) is 2. The highest BCUT2D eigenvalue weighted by Crippen LogP contribution is 2.33. The number of amides is 2. The molecule has 5 heteroatoms. The Morgan fingerprint density at radius 1 is 1.33 bits per heavy atom. The van der Waals surface area contributed by atoms with Gasteiger partial charge < -0.3 is 15.5 Å². The number of nitrogens with one attached hydrogen (secondary N) is 2. The van der Waals surface area contributed by atoms with E-state index in [9.17, 15) is 4.79 Å². The molecule has 0 radical (unpaired) electrons. The third-order valence-corrected chi connectivity index (χ3v) is 4.84. The summed E-state index contributed by atoms with van der Waals surface area (Å²) in [6.07, 6.45) is 1.23. The maximum absolute atomic E-state index is 11.5. The molecule has 3 heterocycles. The van der Waals surface area contributed by atoms with Gasteiger partial charge in [-0.25, -0.2) is 4.79 Å². The van der Waals surface area contributed by atoms with Gasteiger partial charge in [0, 0.05) is 38.8 Å². The molecule has 102 valence electrons. The minimum absolute atomic E-state index is 0.115. The average molecular weight is 252 g/mol. The molecule has 0 aromatic carbocycles. The van der Waals surface area contributed by atoms with Crippen LogP contribution in [0.5, 0.6) is 0 Å². The number of carbonyl (C=O) groups excluding carboxylic acids is 1. The van der Waals surface area contributed by atoms with Crippen molar-refractivity contribution in [3.05, 3.63) is 0 Å². The quantitative estimate of drug-likeness (QED) is 0.737. The van der Waals surface area contributed by atoms with E-state index in [0.29, 0.717) is 0 Å². The molecule has 3 aliphatic rings. The van der Waals surface area contributed by atoms with Crippen LogP contribution in [-0.4, -0.2) is 67.7 Å². The van der Waals surface area contributed by atoms with E-state index in [-0.39, 0.29) is 6.03 Å². The number of rotatable bonds is 4. The maximum Gasteiger partial charge on any atom is 0.317 e. The summed E-state index contributed by atoms with van der Waals surface area (Å²) < 4.78 is 0. The summed E-state index contributed by atoms with van der Waals surface area (Å²) in [7, 11) is 0. The fourth-order valence-electron chi connectivity index (χ4n) is 3.90. The Bertz CT molecular complexity index is 322. The standard InChI is InChI=1S/C13H24N4O/c1-2-12-11-8-14-7-10(11)9-17(12)6-5-16-4-3-15-13(16)18/h10-12,14H,2-9H2,1H3,(H,15,18). The lowest BCUT2D eigenvalue weighted by Crippen LogP contribution is -2.41. The molecule has 0 aromatic rings. The number of fused-ring (bicyclic) bond motifs is 1. The third-order valence-electron chi connectivity index (χ3n) is 4.84. The molecule has 2 N–H and O–H groups in total. The van der Waals surface area contributed by atoms with Gasteiger partial charge in [-0.15, -0.1) is 0 Å². The maximum atomic E-state index is 11.5. The van der Waals surface area contributed by atoms with Crippen LogP contribution in [0.4, 0.5) is 4.79 Å². The van der Waals surface area contributed by atoms with E-state index in [4.69, 9.17) is 0 Å². The highest BCUT2D eigenvalue weighted by atomic mass is 16.2. The van der Waals surface area contributed by atoms with Gasteiger partial charge in [0.2, 0.25) is 0 Å². The molecule has 3 fully saturated rings. The lowest BCUT2D eigenvalue weighted by molar-refractivity contribution is 0.183. The second-order valence-electron chi connectivity index (χ2n) is 5.77. The van der Waals surface area contributed by atoms with E-state index in [2.05, 4.69) is 22.5 Å². The van der Waals surface area contributed by atoms with Crippen molar-refractivity contribution in [2.24, 2.45) is 11.8 Å². The lowest BCUT2D eigenvalue weighted by atomic mass is 9.93. The van der Waals surface area contributed by atoms with Gasteiger partial charge in [0.15, 0.2) is 0 Å². The Balaban J connectivity index is 1.54. The zero-order valence-electron chi connectivity index (χ0n) is 11.2. The molecule has 0 bridgehead atoms. The zero-order valence-corrected chi connectivity index (χ0v) is 11.2. The Hall–Kier alpha value is -0.810. The first-order valence-corrected chi connectivity index (χ1v) is 7.27. The third kappa shape index (κ3) is 2.10. The molecular formula is C13H24N4O. The van der Waals surface area contributed by atoms with Gasteiger partial charge in [-0.3, -0.25) is 4.90 Å². The van der Waals surface area contributed by atoms with Crippen LogP contribution >= 0.6 is 0 Å². The Kier molecular flexibility index (Phi) is 3.43. The van der Waals surface area contributed by atoms with E-state index in [0.717, 1.165) is 44.1 Å². The van der Waals surface area contributed by atoms with Gasteiger partial charge in [-0.05, 0) is 31.3 Å². The highest BCUT2D eigenvalue weighted by Gasteiger charge is 2.42. The second-order valence-corrected chi connectivity index (χ2v) is 5.77. The van der Waals surface area contributed by atoms with Crippen molar-refractivity contribution in [3.8, 4) is 0 Å². The average Bonchev–Trinajstić information content (AvgIpc) is 3.01. The van der Waals surface area contributed by atoms with Gasteiger partial charge in [-0.2, -0.15) is 0 Å². The first-order valence-electron chi connectivity index (χ1n) is 7.27. The minimum Gasteiger partial charge on any atom is -0.336 e. The predicted molar refractivity (Wildman–Crippen MR) is 70.5 cm³/mol. The summed E-state index contributed by atoms with van der Waals surface area (Å²) in [5.41, 5.74) is 0. The molecule has 18 heavy (non-hydrogen) atoms. The smallest absolute Gasteiger partial charge is 0.317 e. The molecule has 0 aromatic heterocycles. The first kappa shape index (κ1) is 12.2. The van der Waals surface area contributed by atoms with Crippen LogP contribution in [0.1, 0.15) is 13.3 Å². The Morgan fingerprint density at radius 3 is 2.94 bits per heavy atom. The SMILES string of the molecule is CCC1C2CNCC2CN1CCN1CCNC1=O. The molecule has 3 aliphatic heterocycles. The molecule has 3 atom stereocenters. The normalized spacial score (nSPS) is 36.2. The molecule has 2 amide bonds. The largest absolute Gasteiger partial charge is 0.336 e. The summed E-state index contributed by atoms with van der Waals surface area (Å²) in [4.78, 5) is 16.1. The van der Waals surface area contributed by atoms with Crippen LogP contribution in [0, 0.1) is 11.8 Å². The van der Waals surface area contributed by atoms with Crippen molar-refractivity contribution >= 4 is 6.03 Å². The van der Waals surface area contributed by atoms with Gasteiger partial charge in [0.05, 0.1) is 0 Å². The minimum atomic E-state index is 0.115. The van der Waals surface area contributed by atoms with Crippen LogP contribution < -0.4 is 10.6 Å². The fourth-order valence-corrected chi connectivity index (χ4v) is 3.90. The number of nitrogens with zero attached hydrogens (tertiary/aromatic N) is 2. The zero-order chi connectivity index (χ0) is 12.5. The monoisotopic (exact) mass is 252 g/mol. The molecule has 0 spiro atoms. The summed E-state index contributed by atoms with van der Waals surface area (Å²) in [5, 5.41) is 6.38. The molecule has 3 unspecified atom stereocenters. The topological polar surface area (TPSA) is 47.6 Å². The number of carbonyl (C=O) groups is 1. The highest BCUT2D eigenvalue weighted by molar-refractivity contribution is 5.76. The van der Waals surface area contributed by atoms with Crippen LogP contribution in [0.15, 0.2) is 0 Å². The van der Waals surface area contributed by atoms with Crippen molar-refractivity contribution in [3.63, 3.8) is 0 Å². The van der Waals surface area contributed by atoms with Crippen LogP contribution in [0.25, 0.3) is 0 Å². The van der Waals surface area contributed by atoms with Gasteiger partial charge in [-0.1, -0.05) is 6.92 Å². The van der Waals surface area contributed by atoms with Gasteiger partial charge in [0.1, 0.15) is 0 Å². The molecule has 0 saturated carbocycles. The summed E-state index contributed by atoms with van der Waals surface area (Å²) in [5.74, 6) is 1.67. The fraction of sp³-hybridized carbons (Fsp3) is 0.923. The number of hydrogen-bond acceptors (Lipinski definition) is 3. The van der Waals surface area contributed by atoms with Crippen molar-refractivity contribution in [1.82, 2.24) is 20.4 Å². The van der Waals surface area contributed by atoms with Crippen LogP contribution in [0.3, 0.4) is 0 Å². The van der Waals surface area contributed by atoms with Crippen molar-refractivity contribution in [2.75, 3.05) is 45.8 Å². The summed E-state index contributed by atoms with van der Waals surface area (Å²) in [6, 6.07) is 0.833. The Labute approximate surface area is 109 Å². The van der Waals surface area contributed by atoms with Crippen molar-refractivity contribution in [1.29, 1.82) is 0 Å². The molecule has 3 rings (SSSR count). The number of urea groups is 1. The molecular weight excluding hydrogens is 228 g/mol. The van der Waals surface area contributed by atoms with Crippen LogP contribution in [0.2, 0.25) is 0 Å². The molecule has 5 nitrogen and oxygen atoms in total. The van der Waals surface area contributed by atoms with Crippen molar-refractivity contribution < 1.29 is 4.79 Å². The first-order chi connectivity index (χ1) is 8.79. The second kappa shape index (κ2) is 5.05. The van der Waals surface area contributed by atoms with E-state index in [1.54, 1.807) is 0 Å². The summed E-state index contributed by atoms with van der Waals surface area (Å²) >= 11 is 0. The predicted octanol–water partition coefficient (Wildman–Crippen LogP) is -0.0586. The van der Waals surface area contributed by atoms with Crippen molar-refractivity contribution in [2.45, 2.75) is 19.4 Å². The summed E-state index contributed by atoms with van der Waals surface area (Å²) in [6.45, 7) is 9.48. The van der Waals surface area contributed by atoms with E-state index in [1.807, 2.05) is 4.90 Å². The van der Waals surface area contributed by atoms with E-state index in [1.165, 1.54) is 26.1 Å². The van der Waals surface area contributed by atoms with Gasteiger partial charge in [0.25, 0.3) is 0 Å².